The Morgan fingerprint density at radius 1 is 1.32 bits per heavy atom. The minimum absolute atomic E-state index is 0.0593. The molecule has 1 aliphatic heterocycles. The van der Waals surface area contributed by atoms with Gasteiger partial charge in [-0.3, -0.25) is 9.79 Å². The number of anilines is 1. The number of hydrogen-bond acceptors (Lipinski definition) is 3. The van der Waals surface area contributed by atoms with E-state index in [1.807, 2.05) is 24.3 Å². The first kappa shape index (κ1) is 19.2. The van der Waals surface area contributed by atoms with E-state index in [0.29, 0.717) is 13.2 Å². The number of nitrogens with zero attached hydrogens (tertiary/aromatic N) is 1. The van der Waals surface area contributed by atoms with Crippen molar-refractivity contribution in [3.63, 3.8) is 0 Å². The lowest BCUT2D eigenvalue weighted by Crippen LogP contribution is -2.37. The van der Waals surface area contributed by atoms with Gasteiger partial charge in [-0.1, -0.05) is 31.9 Å². The van der Waals surface area contributed by atoms with Gasteiger partial charge >= 0.3 is 0 Å². The van der Waals surface area contributed by atoms with Crippen molar-refractivity contribution < 1.29 is 9.53 Å². The van der Waals surface area contributed by atoms with Gasteiger partial charge in [0.25, 0.3) is 5.91 Å². The zero-order valence-corrected chi connectivity index (χ0v) is 15.3. The lowest BCUT2D eigenvalue weighted by molar-refractivity contribution is -0.124. The normalized spacial score (nSPS) is 17.4. The molecule has 1 unspecified atom stereocenters. The fourth-order valence-electron chi connectivity index (χ4n) is 2.75. The van der Waals surface area contributed by atoms with Crippen LogP contribution in [0, 0.1) is 0 Å². The number of benzene rings is 1. The van der Waals surface area contributed by atoms with Gasteiger partial charge in [0.05, 0.1) is 0 Å². The van der Waals surface area contributed by atoms with Crippen molar-refractivity contribution in [2.45, 2.75) is 51.7 Å². The third-order valence-corrected chi connectivity index (χ3v) is 4.17. The minimum Gasteiger partial charge on any atom is -0.368 e. The molecule has 1 fully saturated rings. The third-order valence-electron chi connectivity index (χ3n) is 4.17. The van der Waals surface area contributed by atoms with Gasteiger partial charge in [-0.15, -0.1) is 0 Å². The predicted octanol–water partition coefficient (Wildman–Crippen LogP) is 2.66. The van der Waals surface area contributed by atoms with Gasteiger partial charge in [0.15, 0.2) is 5.96 Å². The summed E-state index contributed by atoms with van der Waals surface area (Å²) in [6.45, 7) is 4.44. The van der Waals surface area contributed by atoms with Crippen LogP contribution in [0.2, 0.25) is 0 Å². The molecule has 1 saturated heterocycles. The molecule has 6 heteroatoms. The number of carbonyl (C=O) groups excluding carboxylic acids is 1. The Labute approximate surface area is 150 Å². The van der Waals surface area contributed by atoms with E-state index in [1.54, 1.807) is 7.05 Å². The lowest BCUT2D eigenvalue weighted by atomic mass is 10.2. The Balaban J connectivity index is 1.80. The van der Waals surface area contributed by atoms with Crippen LogP contribution in [0.15, 0.2) is 29.3 Å². The Morgan fingerprint density at radius 2 is 2.20 bits per heavy atom. The zero-order valence-electron chi connectivity index (χ0n) is 15.3. The molecule has 1 amide bonds. The third kappa shape index (κ3) is 6.74. The van der Waals surface area contributed by atoms with Crippen LogP contribution in [-0.4, -0.2) is 38.2 Å². The minimum atomic E-state index is -0.312. The van der Waals surface area contributed by atoms with Crippen LogP contribution in [-0.2, 0) is 16.1 Å². The Bertz CT molecular complexity index is 568. The number of carbonyl (C=O) groups is 1. The molecule has 1 aliphatic rings. The SMILES string of the molecule is CCCCCNC(=NC)NCc1cccc(NC(=O)C2CCCO2)c1. The van der Waals surface area contributed by atoms with E-state index >= 15 is 0 Å². The summed E-state index contributed by atoms with van der Waals surface area (Å²) < 4.78 is 5.42. The average molecular weight is 346 g/mol. The van der Waals surface area contributed by atoms with Crippen molar-refractivity contribution in [2.75, 3.05) is 25.5 Å². The van der Waals surface area contributed by atoms with Gasteiger partial charge in [0.2, 0.25) is 0 Å². The second-order valence-electron chi connectivity index (χ2n) is 6.25. The molecule has 1 aromatic carbocycles. The van der Waals surface area contributed by atoms with E-state index in [2.05, 4.69) is 27.9 Å². The molecular formula is C19H30N4O2. The standard InChI is InChI=1S/C19H30N4O2/c1-3-4-5-11-21-19(20-2)22-14-15-8-6-9-16(13-15)23-18(24)17-10-7-12-25-17/h6,8-9,13,17H,3-5,7,10-12,14H2,1-2H3,(H,23,24)(H2,20,21,22). The monoisotopic (exact) mass is 346 g/mol. The molecule has 1 heterocycles. The van der Waals surface area contributed by atoms with Crippen LogP contribution in [0.5, 0.6) is 0 Å². The van der Waals surface area contributed by atoms with Crippen molar-refractivity contribution in [1.29, 1.82) is 0 Å². The summed E-state index contributed by atoms with van der Waals surface area (Å²) in [7, 11) is 1.77. The van der Waals surface area contributed by atoms with E-state index in [1.165, 1.54) is 12.8 Å². The molecule has 3 N–H and O–H groups in total. The number of rotatable bonds is 8. The smallest absolute Gasteiger partial charge is 0.253 e. The van der Waals surface area contributed by atoms with Crippen molar-refractivity contribution in [2.24, 2.45) is 4.99 Å². The highest BCUT2D eigenvalue weighted by Crippen LogP contribution is 2.16. The van der Waals surface area contributed by atoms with E-state index < -0.39 is 0 Å². The van der Waals surface area contributed by atoms with E-state index in [0.717, 1.165) is 43.0 Å². The van der Waals surface area contributed by atoms with Crippen LogP contribution < -0.4 is 16.0 Å². The molecule has 1 atom stereocenters. The molecule has 25 heavy (non-hydrogen) atoms. The Hall–Kier alpha value is -2.08. The number of hydrogen-bond donors (Lipinski definition) is 3. The van der Waals surface area contributed by atoms with E-state index in [9.17, 15) is 4.79 Å². The first-order valence-corrected chi connectivity index (χ1v) is 9.19. The van der Waals surface area contributed by atoms with Crippen molar-refractivity contribution in [3.8, 4) is 0 Å². The molecule has 0 aromatic heterocycles. The number of nitrogens with one attached hydrogen (secondary N) is 3. The van der Waals surface area contributed by atoms with E-state index in [4.69, 9.17) is 4.74 Å². The molecule has 0 bridgehead atoms. The van der Waals surface area contributed by atoms with Crippen LogP contribution in [0.4, 0.5) is 5.69 Å². The van der Waals surface area contributed by atoms with Gasteiger partial charge in [-0.05, 0) is 37.0 Å². The molecule has 0 spiro atoms. The average Bonchev–Trinajstić information content (AvgIpc) is 3.16. The maximum absolute atomic E-state index is 12.1. The van der Waals surface area contributed by atoms with Gasteiger partial charge in [0, 0.05) is 32.4 Å². The molecule has 0 radical (unpaired) electrons. The van der Waals surface area contributed by atoms with Crippen molar-refractivity contribution in [3.05, 3.63) is 29.8 Å². The second-order valence-corrected chi connectivity index (χ2v) is 6.25. The summed E-state index contributed by atoms with van der Waals surface area (Å²) in [5.41, 5.74) is 1.88. The number of guanidine groups is 1. The van der Waals surface area contributed by atoms with E-state index in [-0.39, 0.29) is 12.0 Å². The highest BCUT2D eigenvalue weighted by Gasteiger charge is 2.23. The van der Waals surface area contributed by atoms with Crippen molar-refractivity contribution in [1.82, 2.24) is 10.6 Å². The van der Waals surface area contributed by atoms with Gasteiger partial charge in [-0.25, -0.2) is 0 Å². The maximum Gasteiger partial charge on any atom is 0.253 e. The molecule has 1 aromatic rings. The number of ether oxygens (including phenoxy) is 1. The second kappa shape index (κ2) is 10.7. The first-order chi connectivity index (χ1) is 12.2. The van der Waals surface area contributed by atoms with Crippen molar-refractivity contribution >= 4 is 17.6 Å². The number of amides is 1. The summed E-state index contributed by atoms with van der Waals surface area (Å²) in [6.07, 6.45) is 5.00. The number of unbranched alkanes of at least 4 members (excludes halogenated alkanes) is 2. The maximum atomic E-state index is 12.1. The van der Waals surface area contributed by atoms with Crippen LogP contribution in [0.1, 0.15) is 44.6 Å². The topological polar surface area (TPSA) is 74.8 Å². The summed E-state index contributed by atoms with van der Waals surface area (Å²) in [5, 5.41) is 9.55. The highest BCUT2D eigenvalue weighted by atomic mass is 16.5. The fourth-order valence-corrected chi connectivity index (χ4v) is 2.75. The fraction of sp³-hybridized carbons (Fsp3) is 0.579. The number of aliphatic imine (C=N–C) groups is 1. The predicted molar refractivity (Wildman–Crippen MR) is 102 cm³/mol. The quantitative estimate of drug-likeness (QED) is 0.384. The molecular weight excluding hydrogens is 316 g/mol. The van der Waals surface area contributed by atoms with Crippen LogP contribution >= 0.6 is 0 Å². The Morgan fingerprint density at radius 3 is 2.92 bits per heavy atom. The van der Waals surface area contributed by atoms with Crippen LogP contribution in [0.3, 0.4) is 0 Å². The summed E-state index contributed by atoms with van der Waals surface area (Å²) >= 11 is 0. The largest absolute Gasteiger partial charge is 0.368 e. The summed E-state index contributed by atoms with van der Waals surface area (Å²) in [4.78, 5) is 16.4. The lowest BCUT2D eigenvalue weighted by Gasteiger charge is -2.13. The molecule has 138 valence electrons. The van der Waals surface area contributed by atoms with Gasteiger partial charge < -0.3 is 20.7 Å². The zero-order chi connectivity index (χ0) is 17.9. The molecule has 0 saturated carbocycles. The molecule has 2 rings (SSSR count). The summed E-state index contributed by atoms with van der Waals surface area (Å²) in [6, 6.07) is 7.84. The van der Waals surface area contributed by atoms with Crippen LogP contribution in [0.25, 0.3) is 0 Å². The molecule has 6 nitrogen and oxygen atoms in total. The first-order valence-electron chi connectivity index (χ1n) is 9.19. The van der Waals surface area contributed by atoms with Gasteiger partial charge in [-0.2, -0.15) is 0 Å². The van der Waals surface area contributed by atoms with Gasteiger partial charge in [0.1, 0.15) is 6.10 Å². The highest BCUT2D eigenvalue weighted by molar-refractivity contribution is 5.94. The Kier molecular flexibility index (Phi) is 8.25. The molecule has 0 aliphatic carbocycles. The summed E-state index contributed by atoms with van der Waals surface area (Å²) in [5.74, 6) is 0.737.